The molecular weight excluding hydrogens is 544 g/mol. The summed E-state index contributed by atoms with van der Waals surface area (Å²) in [5.41, 5.74) is 13.8. The van der Waals surface area contributed by atoms with E-state index in [2.05, 4.69) is 153 Å². The van der Waals surface area contributed by atoms with Crippen LogP contribution in [0.1, 0.15) is 25.0 Å². The lowest BCUT2D eigenvalue weighted by molar-refractivity contribution is 0.661. The first-order chi connectivity index (χ1) is 22.0. The minimum Gasteiger partial charge on any atom is -0.245 e. The van der Waals surface area contributed by atoms with Gasteiger partial charge in [0, 0.05) is 27.3 Å². The second-order valence-corrected chi connectivity index (χ2v) is 12.6. The van der Waals surface area contributed by atoms with Crippen molar-refractivity contribution in [1.29, 1.82) is 0 Å². The Bertz CT molecular complexity index is 2450. The van der Waals surface area contributed by atoms with Crippen molar-refractivity contribution in [3.8, 4) is 44.8 Å². The molecule has 2 heterocycles. The van der Waals surface area contributed by atoms with Gasteiger partial charge in [0.25, 0.3) is 0 Å². The Morgan fingerprint density at radius 3 is 1.67 bits per heavy atom. The molecule has 0 unspecified atom stereocenters. The molecule has 0 radical (unpaired) electrons. The fraction of sp³-hybridized carbons (Fsp3) is 0.0698. The Morgan fingerprint density at radius 2 is 0.956 bits per heavy atom. The third kappa shape index (κ3) is 4.03. The standard InChI is InChI=1S/C43H30N2/c1-43(2)37-25-31(34-14-8-12-27-9-6-7-13-33(27)34)17-21-35(37)36-22-18-32(26-38(36)43)40-24-20-30-16-15-29-19-23-39(28-10-4-3-5-11-28)44-41(29)42(30)45-40/h3-26H,1-2H3. The van der Waals surface area contributed by atoms with E-state index in [0.29, 0.717) is 0 Å². The predicted octanol–water partition coefficient (Wildman–Crippen LogP) is 11.2. The van der Waals surface area contributed by atoms with Crippen molar-refractivity contribution < 1.29 is 0 Å². The van der Waals surface area contributed by atoms with E-state index in [1.807, 2.05) is 6.07 Å². The second kappa shape index (κ2) is 9.70. The molecule has 0 N–H and O–H groups in total. The van der Waals surface area contributed by atoms with Crippen LogP contribution in [-0.4, -0.2) is 9.97 Å². The summed E-state index contributed by atoms with van der Waals surface area (Å²) in [7, 11) is 0. The molecule has 0 bridgehead atoms. The molecule has 0 aliphatic heterocycles. The first-order valence-electron chi connectivity index (χ1n) is 15.6. The number of aromatic nitrogens is 2. The highest BCUT2D eigenvalue weighted by molar-refractivity contribution is 6.04. The lowest BCUT2D eigenvalue weighted by atomic mass is 9.81. The van der Waals surface area contributed by atoms with Gasteiger partial charge >= 0.3 is 0 Å². The summed E-state index contributed by atoms with van der Waals surface area (Å²) in [5, 5.41) is 4.75. The maximum Gasteiger partial charge on any atom is 0.0972 e. The molecule has 0 spiro atoms. The summed E-state index contributed by atoms with van der Waals surface area (Å²) in [4.78, 5) is 10.4. The van der Waals surface area contributed by atoms with Crippen molar-refractivity contribution in [1.82, 2.24) is 9.97 Å². The SMILES string of the molecule is CC1(C)c2cc(-c3ccc4ccc5ccc(-c6ccccc6)nc5c4n3)ccc2-c2ccc(-c3cccc4ccccc34)cc21. The first kappa shape index (κ1) is 25.9. The van der Waals surface area contributed by atoms with Gasteiger partial charge in [-0.3, -0.25) is 0 Å². The fourth-order valence-corrected chi connectivity index (χ4v) is 7.24. The summed E-state index contributed by atoms with van der Waals surface area (Å²) < 4.78 is 0. The Hall–Kier alpha value is -5.60. The fourth-order valence-electron chi connectivity index (χ4n) is 7.24. The molecular formula is C43H30N2. The Labute approximate surface area is 262 Å². The zero-order chi connectivity index (χ0) is 30.1. The van der Waals surface area contributed by atoms with Crippen LogP contribution in [0, 0.1) is 0 Å². The van der Waals surface area contributed by atoms with Gasteiger partial charge in [-0.25, -0.2) is 9.97 Å². The third-order valence-corrected chi connectivity index (χ3v) is 9.66. The van der Waals surface area contributed by atoms with Crippen LogP contribution in [0.2, 0.25) is 0 Å². The van der Waals surface area contributed by atoms with Crippen LogP contribution in [0.3, 0.4) is 0 Å². The van der Waals surface area contributed by atoms with Gasteiger partial charge in [0.2, 0.25) is 0 Å². The van der Waals surface area contributed by atoms with Crippen LogP contribution in [0.25, 0.3) is 77.3 Å². The predicted molar refractivity (Wildman–Crippen MR) is 188 cm³/mol. The summed E-state index contributed by atoms with van der Waals surface area (Å²) in [6.45, 7) is 4.70. The van der Waals surface area contributed by atoms with Crippen LogP contribution in [0.5, 0.6) is 0 Å². The molecule has 45 heavy (non-hydrogen) atoms. The van der Waals surface area contributed by atoms with E-state index in [9.17, 15) is 0 Å². The molecule has 0 saturated carbocycles. The molecule has 0 saturated heterocycles. The number of rotatable bonds is 3. The number of pyridine rings is 2. The van der Waals surface area contributed by atoms with Crippen LogP contribution in [0.15, 0.2) is 146 Å². The zero-order valence-electron chi connectivity index (χ0n) is 25.3. The van der Waals surface area contributed by atoms with E-state index in [0.717, 1.165) is 44.3 Å². The topological polar surface area (TPSA) is 25.8 Å². The summed E-state index contributed by atoms with van der Waals surface area (Å²) in [6.07, 6.45) is 0. The molecule has 0 amide bonds. The third-order valence-electron chi connectivity index (χ3n) is 9.66. The Morgan fingerprint density at radius 1 is 0.400 bits per heavy atom. The van der Waals surface area contributed by atoms with E-state index in [1.165, 1.54) is 44.2 Å². The monoisotopic (exact) mass is 574 g/mol. The molecule has 6 aromatic carbocycles. The molecule has 9 rings (SSSR count). The average molecular weight is 575 g/mol. The van der Waals surface area contributed by atoms with Gasteiger partial charge in [0.15, 0.2) is 0 Å². The number of hydrogen-bond donors (Lipinski definition) is 0. The van der Waals surface area contributed by atoms with E-state index in [-0.39, 0.29) is 5.41 Å². The summed E-state index contributed by atoms with van der Waals surface area (Å²) >= 11 is 0. The van der Waals surface area contributed by atoms with Crippen molar-refractivity contribution >= 4 is 32.6 Å². The number of nitrogens with zero attached hydrogens (tertiary/aromatic N) is 2. The maximum absolute atomic E-state index is 5.25. The van der Waals surface area contributed by atoms with Crippen molar-refractivity contribution in [2.75, 3.05) is 0 Å². The molecule has 2 aromatic heterocycles. The molecule has 1 aliphatic carbocycles. The first-order valence-corrected chi connectivity index (χ1v) is 15.6. The minimum atomic E-state index is -0.142. The summed E-state index contributed by atoms with van der Waals surface area (Å²) in [6, 6.07) is 52.3. The summed E-state index contributed by atoms with van der Waals surface area (Å²) in [5.74, 6) is 0. The Balaban J connectivity index is 1.15. The second-order valence-electron chi connectivity index (χ2n) is 12.6. The van der Waals surface area contributed by atoms with E-state index in [4.69, 9.17) is 9.97 Å². The highest BCUT2D eigenvalue weighted by atomic mass is 14.8. The normalized spacial score (nSPS) is 13.3. The molecule has 2 heteroatoms. The quantitative estimate of drug-likeness (QED) is 0.196. The molecule has 8 aromatic rings. The van der Waals surface area contributed by atoms with Crippen molar-refractivity contribution in [3.63, 3.8) is 0 Å². The van der Waals surface area contributed by atoms with Gasteiger partial charge < -0.3 is 0 Å². The van der Waals surface area contributed by atoms with Gasteiger partial charge in [0.1, 0.15) is 0 Å². The molecule has 2 nitrogen and oxygen atoms in total. The van der Waals surface area contributed by atoms with Crippen molar-refractivity contribution in [3.05, 3.63) is 157 Å². The van der Waals surface area contributed by atoms with Gasteiger partial charge in [-0.15, -0.1) is 0 Å². The van der Waals surface area contributed by atoms with Gasteiger partial charge in [-0.05, 0) is 68.4 Å². The Kier molecular flexibility index (Phi) is 5.58. The van der Waals surface area contributed by atoms with Crippen LogP contribution < -0.4 is 0 Å². The zero-order valence-corrected chi connectivity index (χ0v) is 25.3. The molecule has 0 atom stereocenters. The highest BCUT2D eigenvalue weighted by Gasteiger charge is 2.36. The van der Waals surface area contributed by atoms with E-state index in [1.54, 1.807) is 0 Å². The highest BCUT2D eigenvalue weighted by Crippen LogP contribution is 2.51. The van der Waals surface area contributed by atoms with Gasteiger partial charge in [-0.2, -0.15) is 0 Å². The number of benzene rings is 6. The van der Waals surface area contributed by atoms with Gasteiger partial charge in [0.05, 0.1) is 22.4 Å². The van der Waals surface area contributed by atoms with Crippen LogP contribution in [-0.2, 0) is 5.41 Å². The number of fused-ring (bicyclic) bond motifs is 7. The van der Waals surface area contributed by atoms with E-state index < -0.39 is 0 Å². The van der Waals surface area contributed by atoms with Gasteiger partial charge in [-0.1, -0.05) is 135 Å². The van der Waals surface area contributed by atoms with E-state index >= 15 is 0 Å². The average Bonchev–Trinajstić information content (AvgIpc) is 3.33. The lowest BCUT2D eigenvalue weighted by Gasteiger charge is -2.23. The van der Waals surface area contributed by atoms with Crippen molar-refractivity contribution in [2.45, 2.75) is 19.3 Å². The van der Waals surface area contributed by atoms with Crippen molar-refractivity contribution in [2.24, 2.45) is 0 Å². The van der Waals surface area contributed by atoms with Crippen LogP contribution >= 0.6 is 0 Å². The smallest absolute Gasteiger partial charge is 0.0972 e. The minimum absolute atomic E-state index is 0.142. The largest absolute Gasteiger partial charge is 0.245 e. The molecule has 0 fully saturated rings. The molecule has 212 valence electrons. The maximum atomic E-state index is 5.25. The van der Waals surface area contributed by atoms with Crippen LogP contribution in [0.4, 0.5) is 0 Å². The lowest BCUT2D eigenvalue weighted by Crippen LogP contribution is -2.15. The molecule has 1 aliphatic rings. The number of hydrogen-bond acceptors (Lipinski definition) is 2.